The van der Waals surface area contributed by atoms with E-state index in [0.29, 0.717) is 23.3 Å². The molecule has 0 aliphatic rings. The molecule has 42 heavy (non-hydrogen) atoms. The number of hydrogen-bond acceptors (Lipinski definition) is 14. The number of nitrogens with zero attached hydrogens (tertiary/aromatic N) is 4. The molecule has 234 valence electrons. The second-order valence-electron chi connectivity index (χ2n) is 8.32. The molecule has 0 atom stereocenters. The van der Waals surface area contributed by atoms with Gasteiger partial charge in [0.1, 0.15) is 0 Å². The first kappa shape index (κ1) is 38.8. The Bertz CT molecular complexity index is 1340. The second kappa shape index (κ2) is 21.5. The van der Waals surface area contributed by atoms with Crippen molar-refractivity contribution in [2.75, 3.05) is 71.7 Å². The van der Waals surface area contributed by atoms with Crippen molar-refractivity contribution in [3.8, 4) is 0 Å². The lowest BCUT2D eigenvalue weighted by molar-refractivity contribution is 0.689. The summed E-state index contributed by atoms with van der Waals surface area (Å²) < 4.78 is 38.2. The first-order valence-electron chi connectivity index (χ1n) is 11.7. The maximum Gasteiger partial charge on any atom is 0.189 e. The molecular weight excluding hydrogens is 621 g/mol. The fraction of sp³-hybridized carbons (Fsp3) is 0.333. The highest BCUT2D eigenvalue weighted by molar-refractivity contribution is 7.84. The summed E-state index contributed by atoms with van der Waals surface area (Å²) in [6.45, 7) is 0. The molecule has 0 saturated heterocycles. The minimum atomic E-state index is -0.611. The predicted molar refractivity (Wildman–Crippen MR) is 182 cm³/mol. The van der Waals surface area contributed by atoms with E-state index in [1.807, 2.05) is 48.5 Å². The van der Waals surface area contributed by atoms with Gasteiger partial charge in [-0.1, -0.05) is 24.3 Å². The topological polar surface area (TPSA) is 220 Å². The van der Waals surface area contributed by atoms with Crippen molar-refractivity contribution in [3.05, 3.63) is 48.5 Å². The van der Waals surface area contributed by atoms with Gasteiger partial charge in [-0.15, -0.1) is 0 Å². The van der Waals surface area contributed by atoms with E-state index in [0.717, 1.165) is 22.1 Å². The number of nitrogen functional groups attached to an aromatic ring is 2. The lowest BCUT2D eigenvalue weighted by Crippen LogP contribution is -2.19. The van der Waals surface area contributed by atoms with Crippen LogP contribution in [0.15, 0.2) is 48.5 Å². The van der Waals surface area contributed by atoms with Crippen LogP contribution in [0.4, 0.5) is 23.3 Å². The molecule has 0 amide bonds. The molecule has 8 N–H and O–H groups in total. The Balaban J connectivity index is 0.000000873. The van der Waals surface area contributed by atoms with E-state index in [1.54, 1.807) is 50.0 Å². The third-order valence-electron chi connectivity index (χ3n) is 3.71. The maximum atomic E-state index is 9.56. The third kappa shape index (κ3) is 17.6. The Labute approximate surface area is 256 Å². The number of aromatic nitrogens is 4. The first-order valence-corrected chi connectivity index (χ1v) is 19.6. The molecule has 14 nitrogen and oxygen atoms in total. The van der Waals surface area contributed by atoms with Gasteiger partial charge in [0.15, 0.2) is 23.3 Å². The van der Waals surface area contributed by atoms with Gasteiger partial charge in [-0.25, -0.2) is 31.6 Å². The fourth-order valence-electron chi connectivity index (χ4n) is 2.49. The third-order valence-corrected chi connectivity index (χ3v) is 3.71. The van der Waals surface area contributed by atoms with E-state index in [-0.39, 0.29) is 0 Å². The molecule has 0 saturated carbocycles. The number of para-hydroxylation sites is 4. The molecule has 0 aliphatic heterocycles. The van der Waals surface area contributed by atoms with Crippen molar-refractivity contribution in [1.29, 1.82) is 0 Å². The zero-order chi connectivity index (χ0) is 32.2. The molecule has 4 rings (SSSR count). The molecule has 2 aromatic heterocycles. The number of anilines is 4. The van der Waals surface area contributed by atoms with Crippen LogP contribution in [0, 0.1) is 0 Å². The summed E-state index contributed by atoms with van der Waals surface area (Å²) in [6, 6.07) is 15.0. The fourth-order valence-corrected chi connectivity index (χ4v) is 2.49. The van der Waals surface area contributed by atoms with E-state index in [4.69, 9.17) is 11.7 Å². The van der Waals surface area contributed by atoms with Crippen LogP contribution in [0.2, 0.25) is 0 Å². The van der Waals surface area contributed by atoms with Crippen LogP contribution in [0.1, 0.15) is 0 Å². The number of benzene rings is 2. The van der Waals surface area contributed by atoms with Gasteiger partial charge in [0, 0.05) is 93.2 Å². The van der Waals surface area contributed by atoms with E-state index in [2.05, 4.69) is 41.6 Å². The summed E-state index contributed by atoms with van der Waals surface area (Å²) in [5, 5.41) is 0. The van der Waals surface area contributed by atoms with Crippen LogP contribution in [0.25, 0.3) is 22.1 Å². The summed E-state index contributed by atoms with van der Waals surface area (Å²) in [5.41, 5.74) is 13.8. The minimum Gasteiger partial charge on any atom is -0.305 e. The maximum absolute atomic E-state index is 9.56. The van der Waals surface area contributed by atoms with Crippen molar-refractivity contribution < 1.29 is 16.8 Å². The van der Waals surface area contributed by atoms with Crippen molar-refractivity contribution in [2.45, 2.75) is 0 Å². The summed E-state index contributed by atoms with van der Waals surface area (Å²) >= 11 is 0. The smallest absolute Gasteiger partial charge is 0.189 e. The minimum absolute atomic E-state index is 0.382. The molecule has 18 heteroatoms. The van der Waals surface area contributed by atoms with Crippen molar-refractivity contribution in [1.82, 2.24) is 19.9 Å². The number of rotatable bonds is 5. The molecule has 2 heterocycles. The average molecular weight is 661 g/mol. The van der Waals surface area contributed by atoms with Gasteiger partial charge in [-0.05, 0) is 24.3 Å². The first-order chi connectivity index (χ1) is 19.7. The summed E-state index contributed by atoms with van der Waals surface area (Å²) in [7, 11) is -2.44. The van der Waals surface area contributed by atoms with Crippen LogP contribution in [-0.2, 0) is 43.2 Å². The highest BCUT2D eigenvalue weighted by Gasteiger charge is 2.11. The van der Waals surface area contributed by atoms with Gasteiger partial charge in [-0.3, -0.25) is 27.7 Å². The number of fused-ring (bicyclic) bond motifs is 2. The molecule has 2 aromatic carbocycles. The number of nitrogens with two attached hydrogens (primary N) is 2. The Kier molecular flexibility index (Phi) is 19.9. The highest BCUT2D eigenvalue weighted by Crippen LogP contribution is 2.23. The number of hydrazine groups is 3. The summed E-state index contributed by atoms with van der Waals surface area (Å²) in [5.74, 6) is 12.7. The van der Waals surface area contributed by atoms with Crippen molar-refractivity contribution >= 4 is 88.5 Å². The van der Waals surface area contributed by atoms with E-state index < -0.39 is 43.2 Å². The van der Waals surface area contributed by atoms with E-state index in [1.165, 1.54) is 0 Å². The Morgan fingerprint density at radius 3 is 0.833 bits per heavy atom. The molecule has 0 fully saturated rings. The van der Waals surface area contributed by atoms with Gasteiger partial charge in [0.2, 0.25) is 0 Å². The van der Waals surface area contributed by atoms with Gasteiger partial charge >= 0.3 is 0 Å². The van der Waals surface area contributed by atoms with Crippen LogP contribution >= 0.6 is 0 Å². The van der Waals surface area contributed by atoms with Gasteiger partial charge in [0.05, 0.1) is 22.1 Å². The predicted octanol–water partition coefficient (Wildman–Crippen LogP) is 1.56. The zero-order valence-electron chi connectivity index (χ0n) is 24.8. The average Bonchev–Trinajstić information content (AvgIpc) is 2.89. The molecule has 0 unspecified atom stereocenters. The second-order valence-corrected chi connectivity index (χ2v) is 14.3. The van der Waals surface area contributed by atoms with Crippen LogP contribution in [-0.4, -0.2) is 86.8 Å². The summed E-state index contributed by atoms with van der Waals surface area (Å²) in [6.07, 6.45) is 13.1. The van der Waals surface area contributed by atoms with Crippen LogP contribution < -0.4 is 33.4 Å². The Morgan fingerprint density at radius 1 is 0.452 bits per heavy atom. The SMILES string of the molecule is CS(C)=O.CS(C)=O.CS(C)=O.CS(C)=O.NNc1nc2ccccc2nc1NNc1nc2ccccc2nc1NN. The molecular formula is C24H40N10O4S4. The van der Waals surface area contributed by atoms with E-state index in [9.17, 15) is 16.8 Å². The standard InChI is InChI=1S/C16H16N10.4C2H6OS/c17-23-13-15(21-11-7-3-1-5-9(11)19-13)25-26-16-14(24-18)20-10-6-2-4-8-12(10)22-16;4*1-4(2)3/h1-8H,17-18H2,(H,19,23)(H,20,24)(H,21,25)(H,22,26);4*1-2H3. The summed E-state index contributed by atoms with van der Waals surface area (Å²) in [4.78, 5) is 17.8. The normalized spacial score (nSPS) is 9.95. The molecule has 0 radical (unpaired) electrons. The quantitative estimate of drug-likeness (QED) is 0.132. The molecule has 4 aromatic rings. The lowest BCUT2D eigenvalue weighted by atomic mass is 10.3. The molecule has 0 spiro atoms. The lowest BCUT2D eigenvalue weighted by Gasteiger charge is -2.14. The Morgan fingerprint density at radius 2 is 0.643 bits per heavy atom. The van der Waals surface area contributed by atoms with Crippen LogP contribution in [0.5, 0.6) is 0 Å². The van der Waals surface area contributed by atoms with Crippen molar-refractivity contribution in [2.24, 2.45) is 11.7 Å². The van der Waals surface area contributed by atoms with Gasteiger partial charge < -0.3 is 10.9 Å². The molecule has 0 aliphatic carbocycles. The number of hydrogen-bond donors (Lipinski definition) is 6. The number of nitrogens with one attached hydrogen (secondary N) is 4. The highest BCUT2D eigenvalue weighted by atomic mass is 32.2. The van der Waals surface area contributed by atoms with Gasteiger partial charge in [-0.2, -0.15) is 0 Å². The van der Waals surface area contributed by atoms with E-state index >= 15 is 0 Å². The largest absolute Gasteiger partial charge is 0.305 e. The zero-order valence-corrected chi connectivity index (χ0v) is 28.1. The van der Waals surface area contributed by atoms with Crippen molar-refractivity contribution in [3.63, 3.8) is 0 Å². The monoisotopic (exact) mass is 660 g/mol. The van der Waals surface area contributed by atoms with Gasteiger partial charge in [0.25, 0.3) is 0 Å². The molecule has 0 bridgehead atoms. The van der Waals surface area contributed by atoms with Crippen LogP contribution in [0.3, 0.4) is 0 Å². The Hall–Kier alpha value is -3.16.